The molecule has 1 fully saturated rings. The Balaban J connectivity index is 2.17. The van der Waals surface area contributed by atoms with Crippen LogP contribution >= 0.6 is 15.9 Å². The Hall–Kier alpha value is -0.870. The lowest BCUT2D eigenvalue weighted by molar-refractivity contribution is -0.117. The molecule has 0 aromatic heterocycles. The van der Waals surface area contributed by atoms with Crippen molar-refractivity contribution in [3.63, 3.8) is 0 Å². The van der Waals surface area contributed by atoms with Crippen LogP contribution in [0.15, 0.2) is 22.7 Å². The van der Waals surface area contributed by atoms with Gasteiger partial charge in [0.15, 0.2) is 0 Å². The molecule has 4 heteroatoms. The maximum absolute atomic E-state index is 11.9. The van der Waals surface area contributed by atoms with Crippen LogP contribution in [0.5, 0.6) is 0 Å². The molecule has 1 aromatic carbocycles. The van der Waals surface area contributed by atoms with E-state index in [0.29, 0.717) is 6.42 Å². The van der Waals surface area contributed by atoms with E-state index in [-0.39, 0.29) is 11.9 Å². The number of carbonyl (C=O) groups excluding carboxylic acids is 1. The highest BCUT2D eigenvalue weighted by atomic mass is 79.9. The van der Waals surface area contributed by atoms with Crippen molar-refractivity contribution < 1.29 is 4.79 Å². The molecule has 1 atom stereocenters. The van der Waals surface area contributed by atoms with Gasteiger partial charge in [-0.05, 0) is 37.2 Å². The molecule has 2 rings (SSSR count). The summed E-state index contributed by atoms with van der Waals surface area (Å²) in [6, 6.07) is 6.33. The van der Waals surface area contributed by atoms with Gasteiger partial charge in [0, 0.05) is 29.2 Å². The van der Waals surface area contributed by atoms with Crippen molar-refractivity contribution >= 4 is 27.5 Å². The summed E-state index contributed by atoms with van der Waals surface area (Å²) in [7, 11) is 0. The fourth-order valence-corrected chi connectivity index (χ4v) is 2.43. The van der Waals surface area contributed by atoms with E-state index in [1.54, 1.807) is 0 Å². The molecule has 1 saturated heterocycles. The molecule has 1 aliphatic heterocycles. The van der Waals surface area contributed by atoms with Crippen LogP contribution in [-0.4, -0.2) is 25.0 Å². The molecule has 1 amide bonds. The molecule has 17 heavy (non-hydrogen) atoms. The van der Waals surface area contributed by atoms with Crippen LogP contribution in [0.2, 0.25) is 0 Å². The number of aryl methyl sites for hydroxylation is 1. The number of halogens is 1. The van der Waals surface area contributed by atoms with E-state index < -0.39 is 0 Å². The Bertz CT molecular complexity index is 433. The van der Waals surface area contributed by atoms with Crippen molar-refractivity contribution in [2.75, 3.05) is 18.0 Å². The van der Waals surface area contributed by atoms with Crippen molar-refractivity contribution in [2.24, 2.45) is 0 Å². The maximum Gasteiger partial charge on any atom is 0.228 e. The van der Waals surface area contributed by atoms with Gasteiger partial charge in [-0.3, -0.25) is 4.79 Å². The molecular formula is C13H17BrN2O. The van der Waals surface area contributed by atoms with E-state index in [1.165, 1.54) is 0 Å². The van der Waals surface area contributed by atoms with Crippen molar-refractivity contribution in [3.8, 4) is 0 Å². The van der Waals surface area contributed by atoms with Gasteiger partial charge in [-0.25, -0.2) is 0 Å². The number of amides is 1. The van der Waals surface area contributed by atoms with Crippen LogP contribution < -0.4 is 10.2 Å². The zero-order chi connectivity index (χ0) is 12.4. The van der Waals surface area contributed by atoms with Crippen molar-refractivity contribution in [1.82, 2.24) is 5.32 Å². The Morgan fingerprint density at radius 2 is 2.29 bits per heavy atom. The molecule has 1 unspecified atom stereocenters. The lowest BCUT2D eigenvalue weighted by atomic mass is 10.2. The van der Waals surface area contributed by atoms with Crippen LogP contribution in [0.4, 0.5) is 5.69 Å². The van der Waals surface area contributed by atoms with Crippen molar-refractivity contribution in [1.29, 1.82) is 0 Å². The van der Waals surface area contributed by atoms with Crippen LogP contribution in [0.3, 0.4) is 0 Å². The number of rotatable bonds is 3. The zero-order valence-corrected chi connectivity index (χ0v) is 11.8. The molecule has 1 heterocycles. The van der Waals surface area contributed by atoms with Gasteiger partial charge < -0.3 is 10.2 Å². The smallest absolute Gasteiger partial charge is 0.228 e. The number of hydrogen-bond donors (Lipinski definition) is 1. The van der Waals surface area contributed by atoms with Gasteiger partial charge in [0.2, 0.25) is 5.91 Å². The third-order valence-corrected chi connectivity index (χ3v) is 3.96. The second kappa shape index (κ2) is 5.19. The number of carbonyl (C=O) groups is 1. The van der Waals surface area contributed by atoms with Crippen molar-refractivity contribution in [3.05, 3.63) is 28.2 Å². The van der Waals surface area contributed by atoms with Crippen LogP contribution in [-0.2, 0) is 4.79 Å². The fraction of sp³-hybridized carbons (Fsp3) is 0.462. The Morgan fingerprint density at radius 3 is 2.94 bits per heavy atom. The summed E-state index contributed by atoms with van der Waals surface area (Å²) in [6.07, 6.45) is 0.600. The van der Waals surface area contributed by atoms with Crippen LogP contribution in [0.1, 0.15) is 18.9 Å². The first-order valence-corrected chi connectivity index (χ1v) is 6.71. The molecular weight excluding hydrogens is 280 g/mol. The summed E-state index contributed by atoms with van der Waals surface area (Å²) in [5.41, 5.74) is 2.15. The SMILES string of the molecule is CCNC1CC(=O)N(c2ccc(Br)c(C)c2)C1. The van der Waals surface area contributed by atoms with Gasteiger partial charge in [-0.2, -0.15) is 0 Å². The number of nitrogens with one attached hydrogen (secondary N) is 1. The summed E-state index contributed by atoms with van der Waals surface area (Å²) < 4.78 is 1.08. The summed E-state index contributed by atoms with van der Waals surface area (Å²) in [6.45, 7) is 5.78. The second-order valence-electron chi connectivity index (χ2n) is 4.40. The molecule has 1 N–H and O–H groups in total. The molecule has 0 saturated carbocycles. The number of benzene rings is 1. The first kappa shape index (κ1) is 12.6. The minimum Gasteiger partial charge on any atom is -0.312 e. The highest BCUT2D eigenvalue weighted by Crippen LogP contribution is 2.26. The van der Waals surface area contributed by atoms with Crippen LogP contribution in [0.25, 0.3) is 0 Å². The van der Waals surface area contributed by atoms with Gasteiger partial charge in [0.05, 0.1) is 0 Å². The molecule has 0 aliphatic carbocycles. The standard InChI is InChI=1S/C13H17BrN2O/c1-3-15-10-7-13(17)16(8-10)11-4-5-12(14)9(2)6-11/h4-6,10,15H,3,7-8H2,1-2H3. The largest absolute Gasteiger partial charge is 0.312 e. The fourth-order valence-electron chi connectivity index (χ4n) is 2.18. The molecule has 3 nitrogen and oxygen atoms in total. The number of hydrogen-bond acceptors (Lipinski definition) is 2. The molecule has 1 aliphatic rings. The Kier molecular flexibility index (Phi) is 3.84. The van der Waals surface area contributed by atoms with Gasteiger partial charge >= 0.3 is 0 Å². The third-order valence-electron chi connectivity index (χ3n) is 3.07. The lowest BCUT2D eigenvalue weighted by Crippen LogP contribution is -2.32. The first-order valence-electron chi connectivity index (χ1n) is 5.91. The van der Waals surface area contributed by atoms with E-state index in [4.69, 9.17) is 0 Å². The van der Waals surface area contributed by atoms with Gasteiger partial charge in [0.25, 0.3) is 0 Å². The molecule has 1 aromatic rings. The summed E-state index contributed by atoms with van der Waals surface area (Å²) in [4.78, 5) is 13.8. The van der Waals surface area contributed by atoms with E-state index in [0.717, 1.165) is 28.8 Å². The number of anilines is 1. The maximum atomic E-state index is 11.9. The Labute approximate surface area is 110 Å². The quantitative estimate of drug-likeness (QED) is 0.929. The van der Waals surface area contributed by atoms with E-state index in [9.17, 15) is 4.79 Å². The van der Waals surface area contributed by atoms with E-state index in [2.05, 4.69) is 34.2 Å². The monoisotopic (exact) mass is 296 g/mol. The average Bonchev–Trinajstić information content (AvgIpc) is 2.64. The number of likely N-dealkylation sites (N-methyl/N-ethyl adjacent to an activating group) is 1. The summed E-state index contributed by atoms with van der Waals surface area (Å²) in [5, 5.41) is 3.33. The second-order valence-corrected chi connectivity index (χ2v) is 5.25. The molecule has 0 spiro atoms. The number of nitrogens with zero attached hydrogens (tertiary/aromatic N) is 1. The van der Waals surface area contributed by atoms with Crippen molar-refractivity contribution in [2.45, 2.75) is 26.3 Å². The van der Waals surface area contributed by atoms with Gasteiger partial charge in [-0.1, -0.05) is 22.9 Å². The third kappa shape index (κ3) is 2.69. The predicted octanol–water partition coefficient (Wildman–Crippen LogP) is 2.47. The van der Waals surface area contributed by atoms with E-state index >= 15 is 0 Å². The summed E-state index contributed by atoms with van der Waals surface area (Å²) >= 11 is 3.47. The lowest BCUT2D eigenvalue weighted by Gasteiger charge is -2.18. The Morgan fingerprint density at radius 1 is 1.53 bits per heavy atom. The van der Waals surface area contributed by atoms with E-state index in [1.807, 2.05) is 24.0 Å². The van der Waals surface area contributed by atoms with Gasteiger partial charge in [-0.15, -0.1) is 0 Å². The minimum atomic E-state index is 0.206. The normalized spacial score (nSPS) is 20.1. The zero-order valence-electron chi connectivity index (χ0n) is 10.2. The average molecular weight is 297 g/mol. The molecule has 92 valence electrons. The summed E-state index contributed by atoms with van der Waals surface area (Å²) in [5.74, 6) is 0.206. The highest BCUT2D eigenvalue weighted by Gasteiger charge is 2.29. The van der Waals surface area contributed by atoms with Gasteiger partial charge in [0.1, 0.15) is 0 Å². The minimum absolute atomic E-state index is 0.206. The topological polar surface area (TPSA) is 32.3 Å². The molecule has 0 radical (unpaired) electrons. The highest BCUT2D eigenvalue weighted by molar-refractivity contribution is 9.10. The predicted molar refractivity (Wildman–Crippen MR) is 73.3 cm³/mol. The first-order chi connectivity index (χ1) is 8.11. The molecule has 0 bridgehead atoms. The van der Waals surface area contributed by atoms with Crippen LogP contribution in [0, 0.1) is 6.92 Å².